The maximum absolute atomic E-state index is 12.5. The van der Waals surface area contributed by atoms with Gasteiger partial charge in [-0.05, 0) is 52.2 Å². The van der Waals surface area contributed by atoms with Crippen molar-refractivity contribution >= 4 is 11.9 Å². The van der Waals surface area contributed by atoms with Gasteiger partial charge in [-0.2, -0.15) is 0 Å². The Morgan fingerprint density at radius 1 is 1.00 bits per heavy atom. The monoisotopic (exact) mass is 378 g/mol. The predicted molar refractivity (Wildman–Crippen MR) is 105 cm³/mol. The van der Waals surface area contributed by atoms with Crippen molar-refractivity contribution in [2.24, 2.45) is 11.8 Å². The van der Waals surface area contributed by atoms with E-state index in [4.69, 9.17) is 14.2 Å². The van der Waals surface area contributed by atoms with Crippen molar-refractivity contribution in [1.29, 1.82) is 0 Å². The number of benzene rings is 1. The topological polar surface area (TPSA) is 61.8 Å². The Hall–Kier alpha value is -2.04. The fourth-order valence-corrected chi connectivity index (χ4v) is 2.57. The minimum Gasteiger partial charge on any atom is -0.487 e. The van der Waals surface area contributed by atoms with Gasteiger partial charge in [-0.15, -0.1) is 0 Å². The molecule has 1 aromatic carbocycles. The normalized spacial score (nSPS) is 15.0. The summed E-state index contributed by atoms with van der Waals surface area (Å²) < 4.78 is 16.9. The van der Waals surface area contributed by atoms with Gasteiger partial charge in [0.1, 0.15) is 23.6 Å². The first-order chi connectivity index (χ1) is 12.5. The highest BCUT2D eigenvalue weighted by Crippen LogP contribution is 2.21. The summed E-state index contributed by atoms with van der Waals surface area (Å²) >= 11 is 0. The Bertz CT molecular complexity index is 588. The molecule has 27 heavy (non-hydrogen) atoms. The minimum atomic E-state index is -0.571. The molecule has 0 fully saturated rings. The molecule has 0 saturated carbocycles. The first kappa shape index (κ1) is 23.0. The van der Waals surface area contributed by atoms with Crippen molar-refractivity contribution < 1.29 is 23.8 Å². The van der Waals surface area contributed by atoms with Gasteiger partial charge < -0.3 is 14.2 Å². The fourth-order valence-electron chi connectivity index (χ4n) is 2.57. The molecule has 0 unspecified atom stereocenters. The van der Waals surface area contributed by atoms with Crippen LogP contribution in [0.25, 0.3) is 0 Å². The van der Waals surface area contributed by atoms with E-state index in [2.05, 4.69) is 13.8 Å². The smallest absolute Gasteiger partial charge is 0.309 e. The van der Waals surface area contributed by atoms with Crippen LogP contribution in [0.2, 0.25) is 0 Å². The number of esters is 2. The Labute approximate surface area is 163 Å². The third-order valence-electron chi connectivity index (χ3n) is 3.86. The molecule has 0 amide bonds. The largest absolute Gasteiger partial charge is 0.487 e. The van der Waals surface area contributed by atoms with Crippen LogP contribution in [0.15, 0.2) is 30.3 Å². The number of hydrogen-bond acceptors (Lipinski definition) is 5. The summed E-state index contributed by atoms with van der Waals surface area (Å²) in [5.74, 6) is -0.309. The van der Waals surface area contributed by atoms with Crippen molar-refractivity contribution in [1.82, 2.24) is 0 Å². The number of carbonyl (C=O) groups excluding carboxylic acids is 2. The zero-order chi connectivity index (χ0) is 20.6. The van der Waals surface area contributed by atoms with Crippen LogP contribution in [0.3, 0.4) is 0 Å². The van der Waals surface area contributed by atoms with Gasteiger partial charge in [0.25, 0.3) is 0 Å². The quantitative estimate of drug-likeness (QED) is 0.579. The molecule has 0 aromatic heterocycles. The summed E-state index contributed by atoms with van der Waals surface area (Å²) in [5, 5.41) is 0. The van der Waals surface area contributed by atoms with Gasteiger partial charge in [0.05, 0.1) is 12.3 Å². The molecule has 0 saturated heterocycles. The molecule has 0 radical (unpaired) electrons. The van der Waals surface area contributed by atoms with E-state index in [0.29, 0.717) is 12.3 Å². The molecule has 5 heteroatoms. The summed E-state index contributed by atoms with van der Waals surface area (Å²) in [6.45, 7) is 13.1. The van der Waals surface area contributed by atoms with E-state index in [-0.39, 0.29) is 12.5 Å². The van der Waals surface area contributed by atoms with Gasteiger partial charge in [0.15, 0.2) is 0 Å². The first-order valence-electron chi connectivity index (χ1n) is 9.62. The average Bonchev–Trinajstić information content (AvgIpc) is 2.52. The Balaban J connectivity index is 2.68. The second kappa shape index (κ2) is 10.3. The van der Waals surface area contributed by atoms with Crippen molar-refractivity contribution in [2.45, 2.75) is 79.1 Å². The van der Waals surface area contributed by atoms with Crippen LogP contribution in [0, 0.1) is 11.8 Å². The second-order valence-electron chi connectivity index (χ2n) is 8.43. The highest BCUT2D eigenvalue weighted by atomic mass is 16.6. The Morgan fingerprint density at radius 2 is 1.59 bits per heavy atom. The summed E-state index contributed by atoms with van der Waals surface area (Å²) in [6.07, 6.45) is -0.0107. The molecule has 0 aliphatic carbocycles. The molecule has 0 aliphatic heterocycles. The van der Waals surface area contributed by atoms with E-state index in [9.17, 15) is 9.59 Å². The van der Waals surface area contributed by atoms with Gasteiger partial charge in [-0.3, -0.25) is 9.59 Å². The molecule has 0 heterocycles. The maximum Gasteiger partial charge on any atom is 0.309 e. The van der Waals surface area contributed by atoms with E-state index in [1.807, 2.05) is 37.3 Å². The molecule has 152 valence electrons. The van der Waals surface area contributed by atoms with E-state index in [1.54, 1.807) is 27.7 Å². The van der Waals surface area contributed by atoms with Crippen LogP contribution in [0.4, 0.5) is 0 Å². The third-order valence-corrected chi connectivity index (χ3v) is 3.86. The van der Waals surface area contributed by atoms with Crippen LogP contribution >= 0.6 is 0 Å². The fraction of sp³-hybridized carbons (Fsp3) is 0.636. The van der Waals surface area contributed by atoms with Gasteiger partial charge in [0.2, 0.25) is 0 Å². The molecule has 0 aliphatic rings. The van der Waals surface area contributed by atoms with Gasteiger partial charge in [-0.25, -0.2) is 0 Å². The molecule has 0 N–H and O–H groups in total. The third kappa shape index (κ3) is 9.45. The van der Waals surface area contributed by atoms with E-state index in [0.717, 1.165) is 5.75 Å². The second-order valence-corrected chi connectivity index (χ2v) is 8.43. The van der Waals surface area contributed by atoms with Crippen LogP contribution in [0.5, 0.6) is 5.75 Å². The highest BCUT2D eigenvalue weighted by Gasteiger charge is 2.29. The van der Waals surface area contributed by atoms with Crippen LogP contribution < -0.4 is 4.74 Å². The lowest BCUT2D eigenvalue weighted by atomic mass is 10.0. The number of ether oxygens (including phenoxy) is 3. The molecular formula is C22H34O5. The van der Waals surface area contributed by atoms with Gasteiger partial charge in [-0.1, -0.05) is 39.0 Å². The number of rotatable bonds is 9. The Morgan fingerprint density at radius 3 is 2.11 bits per heavy atom. The molecule has 3 atom stereocenters. The lowest BCUT2D eigenvalue weighted by Crippen LogP contribution is -2.36. The SMILES string of the molecule is CC(C)C[C@@H](OC(=O)[C@H](C)CC(=O)OC(C)(C)C)[C@@H](C)Oc1ccccc1. The standard InChI is InChI=1S/C22H34O5/c1-15(2)13-19(17(4)25-18-11-9-8-10-12-18)26-21(24)16(3)14-20(23)27-22(5,6)7/h8-12,15-17,19H,13-14H2,1-7H3/t16-,17-,19-/m1/s1. The van der Waals surface area contributed by atoms with E-state index in [1.165, 1.54) is 0 Å². The molecule has 0 spiro atoms. The molecule has 5 nitrogen and oxygen atoms in total. The van der Waals surface area contributed by atoms with Crippen LogP contribution in [0.1, 0.15) is 61.3 Å². The summed E-state index contributed by atoms with van der Waals surface area (Å²) in [7, 11) is 0. The summed E-state index contributed by atoms with van der Waals surface area (Å²) in [6, 6.07) is 9.45. The van der Waals surface area contributed by atoms with Crippen LogP contribution in [-0.2, 0) is 19.1 Å². The van der Waals surface area contributed by atoms with Gasteiger partial charge in [0, 0.05) is 0 Å². The molecule has 0 bridgehead atoms. The van der Waals surface area contributed by atoms with Crippen molar-refractivity contribution in [3.05, 3.63) is 30.3 Å². The lowest BCUT2D eigenvalue weighted by Gasteiger charge is -2.27. The van der Waals surface area contributed by atoms with Crippen LogP contribution in [-0.4, -0.2) is 29.7 Å². The summed E-state index contributed by atoms with van der Waals surface area (Å²) in [4.78, 5) is 24.5. The van der Waals surface area contributed by atoms with Gasteiger partial charge >= 0.3 is 11.9 Å². The molecule has 1 rings (SSSR count). The number of para-hydroxylation sites is 1. The average molecular weight is 379 g/mol. The van der Waals surface area contributed by atoms with Crippen molar-refractivity contribution in [3.63, 3.8) is 0 Å². The minimum absolute atomic E-state index is 0.00156. The number of carbonyl (C=O) groups is 2. The lowest BCUT2D eigenvalue weighted by molar-refractivity contribution is -0.166. The molecule has 1 aromatic rings. The Kier molecular flexibility index (Phi) is 8.80. The van der Waals surface area contributed by atoms with Crippen molar-refractivity contribution in [2.75, 3.05) is 0 Å². The molecular weight excluding hydrogens is 344 g/mol. The number of hydrogen-bond donors (Lipinski definition) is 0. The van der Waals surface area contributed by atoms with E-state index >= 15 is 0 Å². The highest BCUT2D eigenvalue weighted by molar-refractivity contribution is 5.79. The van der Waals surface area contributed by atoms with Crippen molar-refractivity contribution in [3.8, 4) is 5.75 Å². The maximum atomic E-state index is 12.5. The predicted octanol–water partition coefficient (Wildman–Crippen LogP) is 4.78. The summed E-state index contributed by atoms with van der Waals surface area (Å²) in [5.41, 5.74) is -0.571. The van der Waals surface area contributed by atoms with E-state index < -0.39 is 29.6 Å². The zero-order valence-electron chi connectivity index (χ0n) is 17.7. The first-order valence-corrected chi connectivity index (χ1v) is 9.62. The zero-order valence-corrected chi connectivity index (χ0v) is 17.7.